The fraction of sp³-hybridized carbons (Fsp3) is 0.727. The monoisotopic (exact) mass is 193 g/mol. The summed E-state index contributed by atoms with van der Waals surface area (Å²) in [7, 11) is 1.96. The van der Waals surface area contributed by atoms with Gasteiger partial charge in [0.05, 0.1) is 5.69 Å². The molecule has 78 valence electrons. The SMILES string of the molecule is Cn1ccc(CC(C)(CN)C2CC2)n1. The van der Waals surface area contributed by atoms with Crippen molar-refractivity contribution in [2.45, 2.75) is 26.2 Å². The van der Waals surface area contributed by atoms with Gasteiger partial charge in [-0.3, -0.25) is 4.68 Å². The summed E-state index contributed by atoms with van der Waals surface area (Å²) in [6.07, 6.45) is 5.72. The molecule has 14 heavy (non-hydrogen) atoms. The molecule has 3 heteroatoms. The Balaban J connectivity index is 2.07. The van der Waals surface area contributed by atoms with Crippen molar-refractivity contribution in [3.8, 4) is 0 Å². The molecular weight excluding hydrogens is 174 g/mol. The molecule has 1 aromatic heterocycles. The van der Waals surface area contributed by atoms with E-state index in [1.165, 1.54) is 18.5 Å². The van der Waals surface area contributed by atoms with Gasteiger partial charge in [0, 0.05) is 13.2 Å². The van der Waals surface area contributed by atoms with Crippen LogP contribution in [0.4, 0.5) is 0 Å². The molecule has 2 rings (SSSR count). The smallest absolute Gasteiger partial charge is 0.0630 e. The average molecular weight is 193 g/mol. The molecule has 1 aliphatic carbocycles. The molecule has 1 aliphatic rings. The largest absolute Gasteiger partial charge is 0.330 e. The van der Waals surface area contributed by atoms with Crippen LogP contribution in [0.1, 0.15) is 25.5 Å². The van der Waals surface area contributed by atoms with Crippen LogP contribution in [0.15, 0.2) is 12.3 Å². The summed E-state index contributed by atoms with van der Waals surface area (Å²) in [6, 6.07) is 2.09. The van der Waals surface area contributed by atoms with E-state index in [0.29, 0.717) is 0 Å². The highest BCUT2D eigenvalue weighted by molar-refractivity contribution is 5.06. The van der Waals surface area contributed by atoms with Gasteiger partial charge in [-0.25, -0.2) is 0 Å². The van der Waals surface area contributed by atoms with E-state index in [4.69, 9.17) is 5.73 Å². The van der Waals surface area contributed by atoms with Gasteiger partial charge in [-0.05, 0) is 43.2 Å². The first kappa shape index (κ1) is 9.71. The summed E-state index contributed by atoms with van der Waals surface area (Å²) in [6.45, 7) is 3.06. The van der Waals surface area contributed by atoms with Crippen LogP contribution in [-0.4, -0.2) is 16.3 Å². The molecule has 1 saturated carbocycles. The Bertz CT molecular complexity index is 314. The lowest BCUT2D eigenvalue weighted by atomic mass is 9.80. The summed E-state index contributed by atoms with van der Waals surface area (Å²) < 4.78 is 1.86. The van der Waals surface area contributed by atoms with Crippen LogP contribution in [0.3, 0.4) is 0 Å². The Kier molecular flexibility index (Phi) is 2.35. The minimum absolute atomic E-state index is 0.272. The zero-order chi connectivity index (χ0) is 10.2. The second-order valence-electron chi connectivity index (χ2n) is 4.79. The summed E-state index contributed by atoms with van der Waals surface area (Å²) >= 11 is 0. The van der Waals surface area contributed by atoms with Crippen LogP contribution in [0, 0.1) is 11.3 Å². The fourth-order valence-corrected chi connectivity index (χ4v) is 2.13. The molecule has 3 nitrogen and oxygen atoms in total. The van der Waals surface area contributed by atoms with Crippen molar-refractivity contribution >= 4 is 0 Å². The highest BCUT2D eigenvalue weighted by Crippen LogP contribution is 2.46. The maximum absolute atomic E-state index is 5.87. The third-order valence-corrected chi connectivity index (χ3v) is 3.38. The standard InChI is InChI=1S/C11H19N3/c1-11(8-12,9-3-4-9)7-10-5-6-14(2)13-10/h5-6,9H,3-4,7-8,12H2,1-2H3. The molecule has 0 amide bonds. The first-order valence-electron chi connectivity index (χ1n) is 5.33. The van der Waals surface area contributed by atoms with Crippen molar-refractivity contribution in [2.24, 2.45) is 24.1 Å². The van der Waals surface area contributed by atoms with Crippen molar-refractivity contribution in [1.29, 1.82) is 0 Å². The number of aryl methyl sites for hydroxylation is 1. The van der Waals surface area contributed by atoms with Gasteiger partial charge in [0.25, 0.3) is 0 Å². The lowest BCUT2D eigenvalue weighted by Crippen LogP contribution is -2.32. The summed E-state index contributed by atoms with van der Waals surface area (Å²) in [4.78, 5) is 0. The molecule has 0 aromatic carbocycles. The Hall–Kier alpha value is -0.830. The lowest BCUT2D eigenvalue weighted by Gasteiger charge is -2.26. The summed E-state index contributed by atoms with van der Waals surface area (Å²) in [5, 5.41) is 4.41. The van der Waals surface area contributed by atoms with Crippen LogP contribution in [0.25, 0.3) is 0 Å². The molecule has 0 bridgehead atoms. The van der Waals surface area contributed by atoms with Crippen LogP contribution in [-0.2, 0) is 13.5 Å². The van der Waals surface area contributed by atoms with Gasteiger partial charge < -0.3 is 5.73 Å². The van der Waals surface area contributed by atoms with Crippen molar-refractivity contribution < 1.29 is 0 Å². The minimum atomic E-state index is 0.272. The minimum Gasteiger partial charge on any atom is -0.330 e. The number of hydrogen-bond acceptors (Lipinski definition) is 2. The number of hydrogen-bond donors (Lipinski definition) is 1. The van der Waals surface area contributed by atoms with Crippen molar-refractivity contribution in [3.05, 3.63) is 18.0 Å². The Morgan fingerprint density at radius 3 is 2.79 bits per heavy atom. The van der Waals surface area contributed by atoms with E-state index in [-0.39, 0.29) is 5.41 Å². The van der Waals surface area contributed by atoms with Gasteiger partial charge in [-0.15, -0.1) is 0 Å². The van der Waals surface area contributed by atoms with Gasteiger partial charge in [0.15, 0.2) is 0 Å². The number of rotatable bonds is 4. The van der Waals surface area contributed by atoms with Gasteiger partial charge >= 0.3 is 0 Å². The third kappa shape index (κ3) is 1.82. The molecule has 1 unspecified atom stereocenters. The zero-order valence-corrected chi connectivity index (χ0v) is 9.03. The molecule has 0 spiro atoms. The second kappa shape index (κ2) is 3.39. The summed E-state index contributed by atoms with van der Waals surface area (Å²) in [5.74, 6) is 0.828. The van der Waals surface area contributed by atoms with E-state index in [1.54, 1.807) is 0 Å². The topological polar surface area (TPSA) is 43.8 Å². The van der Waals surface area contributed by atoms with Crippen molar-refractivity contribution in [1.82, 2.24) is 9.78 Å². The number of aromatic nitrogens is 2. The lowest BCUT2D eigenvalue weighted by molar-refractivity contribution is 0.278. The van der Waals surface area contributed by atoms with E-state index < -0.39 is 0 Å². The van der Waals surface area contributed by atoms with Gasteiger partial charge in [-0.1, -0.05) is 6.92 Å². The Labute approximate surface area is 85.3 Å². The van der Waals surface area contributed by atoms with E-state index in [1.807, 2.05) is 17.9 Å². The van der Waals surface area contributed by atoms with Crippen LogP contribution >= 0.6 is 0 Å². The van der Waals surface area contributed by atoms with Crippen molar-refractivity contribution in [3.63, 3.8) is 0 Å². The molecule has 0 radical (unpaired) electrons. The van der Waals surface area contributed by atoms with Gasteiger partial charge in [-0.2, -0.15) is 5.10 Å². The number of nitrogens with two attached hydrogens (primary N) is 1. The summed E-state index contributed by atoms with van der Waals surface area (Å²) in [5.41, 5.74) is 7.31. The average Bonchev–Trinajstić information content (AvgIpc) is 2.93. The molecule has 1 aromatic rings. The maximum Gasteiger partial charge on any atom is 0.0630 e. The number of nitrogens with zero attached hydrogens (tertiary/aromatic N) is 2. The predicted molar refractivity (Wildman–Crippen MR) is 56.8 cm³/mol. The van der Waals surface area contributed by atoms with E-state index in [9.17, 15) is 0 Å². The van der Waals surface area contributed by atoms with Crippen LogP contribution < -0.4 is 5.73 Å². The first-order chi connectivity index (χ1) is 6.64. The molecule has 1 atom stereocenters. The van der Waals surface area contributed by atoms with Crippen LogP contribution in [0.5, 0.6) is 0 Å². The van der Waals surface area contributed by atoms with E-state index in [2.05, 4.69) is 18.1 Å². The predicted octanol–water partition coefficient (Wildman–Crippen LogP) is 1.34. The van der Waals surface area contributed by atoms with Gasteiger partial charge in [0.1, 0.15) is 0 Å². The first-order valence-corrected chi connectivity index (χ1v) is 5.33. The highest BCUT2D eigenvalue weighted by atomic mass is 15.2. The quantitative estimate of drug-likeness (QED) is 0.784. The highest BCUT2D eigenvalue weighted by Gasteiger charge is 2.40. The fourth-order valence-electron chi connectivity index (χ4n) is 2.13. The normalized spacial score (nSPS) is 20.8. The molecule has 0 aliphatic heterocycles. The molecular formula is C11H19N3. The van der Waals surface area contributed by atoms with Crippen LogP contribution in [0.2, 0.25) is 0 Å². The molecule has 0 saturated heterocycles. The zero-order valence-electron chi connectivity index (χ0n) is 9.03. The molecule has 1 fully saturated rings. The van der Waals surface area contributed by atoms with Gasteiger partial charge in [0.2, 0.25) is 0 Å². The molecule has 2 N–H and O–H groups in total. The van der Waals surface area contributed by atoms with E-state index >= 15 is 0 Å². The van der Waals surface area contributed by atoms with E-state index in [0.717, 1.165) is 18.9 Å². The molecule has 1 heterocycles. The maximum atomic E-state index is 5.87. The van der Waals surface area contributed by atoms with Crippen molar-refractivity contribution in [2.75, 3.05) is 6.54 Å². The second-order valence-corrected chi connectivity index (χ2v) is 4.79. The Morgan fingerprint density at radius 1 is 1.64 bits per heavy atom. The Morgan fingerprint density at radius 2 is 2.36 bits per heavy atom. The third-order valence-electron chi connectivity index (χ3n) is 3.38.